The van der Waals surface area contributed by atoms with Gasteiger partial charge in [-0.1, -0.05) is 62.4 Å². The van der Waals surface area contributed by atoms with Gasteiger partial charge < -0.3 is 5.32 Å². The van der Waals surface area contributed by atoms with Crippen molar-refractivity contribution in [3.8, 4) is 0 Å². The topological polar surface area (TPSA) is 66.5 Å². The summed E-state index contributed by atoms with van der Waals surface area (Å²) in [7, 11) is -2.16. The summed E-state index contributed by atoms with van der Waals surface area (Å²) in [4.78, 5) is 13.1. The highest BCUT2D eigenvalue weighted by Gasteiger charge is 2.22. The lowest BCUT2D eigenvalue weighted by molar-refractivity contribution is 0.0932. The van der Waals surface area contributed by atoms with E-state index in [1.165, 1.54) is 11.4 Å². The Bertz CT molecular complexity index is 1100. The van der Waals surface area contributed by atoms with Crippen molar-refractivity contribution >= 4 is 21.6 Å². The van der Waals surface area contributed by atoms with Gasteiger partial charge in [0.05, 0.1) is 16.6 Å². The van der Waals surface area contributed by atoms with E-state index in [0.29, 0.717) is 17.2 Å². The molecular weight excluding hydrogens is 408 g/mol. The molecule has 31 heavy (non-hydrogen) atoms. The number of nitrogens with one attached hydrogen (secondary N) is 1. The van der Waals surface area contributed by atoms with Crippen molar-refractivity contribution in [2.45, 2.75) is 31.2 Å². The number of carbonyl (C=O) groups is 1. The second-order valence-corrected chi connectivity index (χ2v) is 9.87. The quantitative estimate of drug-likeness (QED) is 0.539. The van der Waals surface area contributed by atoms with Gasteiger partial charge >= 0.3 is 0 Å². The smallest absolute Gasteiger partial charge is 0.264 e. The normalized spacial score (nSPS) is 12.4. The second kappa shape index (κ2) is 9.79. The number of amides is 1. The number of carbonyl (C=O) groups excluding carboxylic acids is 1. The molecule has 0 unspecified atom stereocenters. The summed E-state index contributed by atoms with van der Waals surface area (Å²) >= 11 is 0. The van der Waals surface area contributed by atoms with E-state index in [9.17, 15) is 13.2 Å². The molecular formula is C25H28N2O3S. The maximum Gasteiger partial charge on any atom is 0.264 e. The van der Waals surface area contributed by atoms with E-state index in [1.54, 1.807) is 54.6 Å². The Morgan fingerprint density at radius 1 is 0.871 bits per heavy atom. The van der Waals surface area contributed by atoms with Gasteiger partial charge in [0, 0.05) is 12.6 Å². The first-order valence-corrected chi connectivity index (χ1v) is 11.7. The highest BCUT2D eigenvalue weighted by Crippen LogP contribution is 2.24. The Balaban J connectivity index is 1.76. The minimum Gasteiger partial charge on any atom is -0.345 e. The molecule has 0 aliphatic heterocycles. The Morgan fingerprint density at radius 2 is 1.42 bits per heavy atom. The predicted octanol–water partition coefficient (Wildman–Crippen LogP) is 5.03. The van der Waals surface area contributed by atoms with Gasteiger partial charge in [0.2, 0.25) is 0 Å². The van der Waals surface area contributed by atoms with E-state index < -0.39 is 10.0 Å². The lowest BCUT2D eigenvalue weighted by Gasteiger charge is -2.22. The van der Waals surface area contributed by atoms with Gasteiger partial charge in [-0.25, -0.2) is 8.42 Å². The molecule has 0 saturated heterocycles. The summed E-state index contributed by atoms with van der Waals surface area (Å²) in [6.07, 6.45) is 0.825. The zero-order valence-corrected chi connectivity index (χ0v) is 18.8. The first-order valence-electron chi connectivity index (χ1n) is 10.3. The standard InChI is InChI=1S/C25H28N2O3S/c1-19(2)18-24(20-10-6-4-7-11-20)26-25(28)21-14-16-22(17-15-21)27(3)31(29,30)23-12-8-5-9-13-23/h4-17,19,24H,18H2,1-3H3,(H,26,28)/t24-/m1/s1. The van der Waals surface area contributed by atoms with Gasteiger partial charge in [0.25, 0.3) is 15.9 Å². The molecule has 162 valence electrons. The van der Waals surface area contributed by atoms with Crippen molar-refractivity contribution in [1.82, 2.24) is 5.32 Å². The lowest BCUT2D eigenvalue weighted by Crippen LogP contribution is -2.30. The van der Waals surface area contributed by atoms with Crippen LogP contribution in [0.15, 0.2) is 89.8 Å². The molecule has 0 aliphatic rings. The minimum absolute atomic E-state index is 0.0884. The third kappa shape index (κ3) is 5.52. The molecule has 0 saturated carbocycles. The van der Waals surface area contributed by atoms with Gasteiger partial charge in [-0.05, 0) is 54.3 Å². The molecule has 3 aromatic carbocycles. The molecule has 0 spiro atoms. The van der Waals surface area contributed by atoms with Crippen LogP contribution in [0.3, 0.4) is 0 Å². The van der Waals surface area contributed by atoms with Crippen molar-refractivity contribution < 1.29 is 13.2 Å². The van der Waals surface area contributed by atoms with Crippen LogP contribution in [0.4, 0.5) is 5.69 Å². The summed E-state index contributed by atoms with van der Waals surface area (Å²) < 4.78 is 26.8. The molecule has 5 nitrogen and oxygen atoms in total. The maximum absolute atomic E-state index is 12.9. The van der Waals surface area contributed by atoms with Crippen molar-refractivity contribution in [2.24, 2.45) is 5.92 Å². The summed E-state index contributed by atoms with van der Waals surface area (Å²) in [6, 6.07) is 24.7. The molecule has 0 bridgehead atoms. The zero-order valence-electron chi connectivity index (χ0n) is 18.0. The Kier molecular flexibility index (Phi) is 7.13. The zero-order chi connectivity index (χ0) is 22.4. The van der Waals surface area contributed by atoms with Crippen molar-refractivity contribution in [2.75, 3.05) is 11.4 Å². The Morgan fingerprint density at radius 3 is 1.97 bits per heavy atom. The fourth-order valence-corrected chi connectivity index (χ4v) is 4.61. The monoisotopic (exact) mass is 436 g/mol. The molecule has 0 aliphatic carbocycles. The number of nitrogens with zero attached hydrogens (tertiary/aromatic N) is 1. The fraction of sp³-hybridized carbons (Fsp3) is 0.240. The van der Waals surface area contributed by atoms with E-state index in [4.69, 9.17) is 0 Å². The minimum atomic E-state index is -3.66. The number of sulfonamides is 1. The van der Waals surface area contributed by atoms with E-state index in [2.05, 4.69) is 19.2 Å². The highest BCUT2D eigenvalue weighted by molar-refractivity contribution is 7.92. The molecule has 1 atom stereocenters. The predicted molar refractivity (Wildman–Crippen MR) is 125 cm³/mol. The number of benzene rings is 3. The van der Waals surface area contributed by atoms with Crippen LogP contribution in [-0.2, 0) is 10.0 Å². The first kappa shape index (κ1) is 22.6. The summed E-state index contributed by atoms with van der Waals surface area (Å²) in [6.45, 7) is 4.25. The fourth-order valence-electron chi connectivity index (χ4n) is 3.39. The van der Waals surface area contributed by atoms with Gasteiger partial charge in [-0.2, -0.15) is 0 Å². The first-order chi connectivity index (χ1) is 14.8. The third-order valence-electron chi connectivity index (χ3n) is 5.11. The molecule has 3 aromatic rings. The van der Waals surface area contributed by atoms with Crippen molar-refractivity contribution in [3.05, 3.63) is 96.1 Å². The van der Waals surface area contributed by atoms with Gasteiger partial charge in [-0.3, -0.25) is 9.10 Å². The molecule has 6 heteroatoms. The number of hydrogen-bond donors (Lipinski definition) is 1. The average Bonchev–Trinajstić information content (AvgIpc) is 2.79. The number of hydrogen-bond acceptors (Lipinski definition) is 3. The van der Waals surface area contributed by atoms with Crippen molar-refractivity contribution in [1.29, 1.82) is 0 Å². The summed E-state index contributed by atoms with van der Waals surface area (Å²) in [5.41, 5.74) is 2.04. The van der Waals surface area contributed by atoms with Crippen LogP contribution in [0.25, 0.3) is 0 Å². The highest BCUT2D eigenvalue weighted by atomic mass is 32.2. The molecule has 0 radical (unpaired) electrons. The van der Waals surface area contributed by atoms with Crippen LogP contribution in [-0.4, -0.2) is 21.4 Å². The summed E-state index contributed by atoms with van der Waals surface area (Å²) in [5, 5.41) is 3.11. The molecule has 1 N–H and O–H groups in total. The number of rotatable bonds is 8. The van der Waals surface area contributed by atoms with Crippen LogP contribution in [0.5, 0.6) is 0 Å². The molecule has 0 heterocycles. The van der Waals surface area contributed by atoms with E-state index in [-0.39, 0.29) is 16.8 Å². The largest absolute Gasteiger partial charge is 0.345 e. The molecule has 3 rings (SSSR count). The van der Waals surface area contributed by atoms with Crippen LogP contribution in [0, 0.1) is 5.92 Å². The Labute approximate surface area is 184 Å². The Hall–Kier alpha value is -3.12. The SMILES string of the molecule is CC(C)C[C@@H](NC(=O)c1ccc(N(C)S(=O)(=O)c2ccccc2)cc1)c1ccccc1. The van der Waals surface area contributed by atoms with Crippen LogP contribution >= 0.6 is 0 Å². The molecule has 0 aromatic heterocycles. The van der Waals surface area contributed by atoms with Crippen molar-refractivity contribution in [3.63, 3.8) is 0 Å². The van der Waals surface area contributed by atoms with Crippen LogP contribution in [0.1, 0.15) is 42.2 Å². The maximum atomic E-state index is 12.9. The van der Waals surface area contributed by atoms with Crippen LogP contribution < -0.4 is 9.62 Å². The number of anilines is 1. The average molecular weight is 437 g/mol. The molecule has 1 amide bonds. The lowest BCUT2D eigenvalue weighted by atomic mass is 9.96. The second-order valence-electron chi connectivity index (χ2n) is 7.90. The van der Waals surface area contributed by atoms with Gasteiger partial charge in [0.15, 0.2) is 0 Å². The van der Waals surface area contributed by atoms with Gasteiger partial charge in [0.1, 0.15) is 0 Å². The van der Waals surface area contributed by atoms with E-state index >= 15 is 0 Å². The van der Waals surface area contributed by atoms with E-state index in [1.807, 2.05) is 30.3 Å². The molecule has 0 fully saturated rings. The van der Waals surface area contributed by atoms with Crippen LogP contribution in [0.2, 0.25) is 0 Å². The third-order valence-corrected chi connectivity index (χ3v) is 6.91. The van der Waals surface area contributed by atoms with E-state index in [0.717, 1.165) is 12.0 Å². The van der Waals surface area contributed by atoms with Gasteiger partial charge in [-0.15, -0.1) is 0 Å². The summed E-state index contributed by atoms with van der Waals surface area (Å²) in [5.74, 6) is 0.236.